The molecule has 0 bridgehead atoms. The number of imide groups is 1. The summed E-state index contributed by atoms with van der Waals surface area (Å²) in [6.45, 7) is -0.388. The number of nitrogens with zero attached hydrogens (tertiary/aromatic N) is 1. The van der Waals surface area contributed by atoms with Crippen molar-refractivity contribution in [1.29, 1.82) is 0 Å². The lowest BCUT2D eigenvalue weighted by atomic mass is 10.2. The summed E-state index contributed by atoms with van der Waals surface area (Å²) in [6, 6.07) is 7.31. The number of thioether (sulfide) groups is 1. The van der Waals surface area contributed by atoms with Gasteiger partial charge in [0, 0.05) is 4.47 Å². The third kappa shape index (κ3) is 3.24. The van der Waals surface area contributed by atoms with Crippen molar-refractivity contribution in [3.63, 3.8) is 0 Å². The van der Waals surface area contributed by atoms with Crippen LogP contribution in [0.4, 0.5) is 4.79 Å². The predicted octanol–water partition coefficient (Wildman–Crippen LogP) is 1.97. The molecule has 1 heterocycles. The third-order valence-electron chi connectivity index (χ3n) is 2.33. The van der Waals surface area contributed by atoms with E-state index in [-0.39, 0.29) is 11.4 Å². The quantitative estimate of drug-likeness (QED) is 0.853. The van der Waals surface area contributed by atoms with Gasteiger partial charge in [0.15, 0.2) is 0 Å². The number of hydrogen-bond acceptors (Lipinski definition) is 4. The molecule has 0 aliphatic carbocycles. The van der Waals surface area contributed by atoms with E-state index in [1.807, 2.05) is 24.3 Å². The Morgan fingerprint density at radius 2 is 2.16 bits per heavy atom. The molecule has 1 aromatic carbocycles. The van der Waals surface area contributed by atoms with Crippen LogP contribution in [0.2, 0.25) is 0 Å². The van der Waals surface area contributed by atoms with Gasteiger partial charge in [-0.1, -0.05) is 28.1 Å². The molecule has 5 nitrogen and oxygen atoms in total. The molecule has 1 aliphatic heterocycles. The van der Waals surface area contributed by atoms with Crippen LogP contribution in [0.25, 0.3) is 6.08 Å². The van der Waals surface area contributed by atoms with Crippen LogP contribution in [0.3, 0.4) is 0 Å². The first kappa shape index (κ1) is 13.8. The van der Waals surface area contributed by atoms with Crippen molar-refractivity contribution in [1.82, 2.24) is 4.90 Å². The lowest BCUT2D eigenvalue weighted by Crippen LogP contribution is -2.36. The molecular weight excluding hydrogens is 332 g/mol. The highest BCUT2D eigenvalue weighted by molar-refractivity contribution is 9.10. The zero-order valence-electron chi connectivity index (χ0n) is 9.63. The van der Waals surface area contributed by atoms with E-state index in [1.165, 1.54) is 0 Å². The number of nitrogens with two attached hydrogens (primary N) is 1. The van der Waals surface area contributed by atoms with Gasteiger partial charge in [0.25, 0.3) is 11.1 Å². The van der Waals surface area contributed by atoms with Crippen LogP contribution in [0.1, 0.15) is 5.56 Å². The maximum atomic E-state index is 11.9. The Hall–Kier alpha value is -1.60. The highest BCUT2D eigenvalue weighted by Crippen LogP contribution is 2.32. The van der Waals surface area contributed by atoms with Gasteiger partial charge in [0.1, 0.15) is 6.54 Å². The summed E-state index contributed by atoms with van der Waals surface area (Å²) >= 11 is 4.12. The SMILES string of the molecule is NC(=O)CN1C(=O)S/C(=C\c2cccc(Br)c2)C1=O. The van der Waals surface area contributed by atoms with E-state index in [0.29, 0.717) is 0 Å². The molecular formula is C12H9BrN2O3S. The van der Waals surface area contributed by atoms with Crippen LogP contribution in [0, 0.1) is 0 Å². The molecule has 0 spiro atoms. The molecule has 2 N–H and O–H groups in total. The maximum absolute atomic E-state index is 11.9. The first-order valence-electron chi connectivity index (χ1n) is 5.26. The summed E-state index contributed by atoms with van der Waals surface area (Å²) in [5.74, 6) is -1.21. The summed E-state index contributed by atoms with van der Waals surface area (Å²) in [5, 5.41) is -0.481. The van der Waals surface area contributed by atoms with Gasteiger partial charge in [0.2, 0.25) is 5.91 Å². The normalized spacial score (nSPS) is 17.3. The van der Waals surface area contributed by atoms with E-state index in [2.05, 4.69) is 15.9 Å². The van der Waals surface area contributed by atoms with Crippen LogP contribution in [0.15, 0.2) is 33.6 Å². The number of benzene rings is 1. The molecule has 0 unspecified atom stereocenters. The standard InChI is InChI=1S/C12H9BrN2O3S/c13-8-3-1-2-7(4-8)5-9-11(17)15(6-10(14)16)12(18)19-9/h1-5H,6H2,(H2,14,16)/b9-5-. The molecule has 7 heteroatoms. The van der Waals surface area contributed by atoms with E-state index in [9.17, 15) is 14.4 Å². The van der Waals surface area contributed by atoms with E-state index in [4.69, 9.17) is 5.73 Å². The van der Waals surface area contributed by atoms with E-state index < -0.39 is 17.1 Å². The molecule has 1 saturated heterocycles. The smallest absolute Gasteiger partial charge is 0.294 e. The molecule has 19 heavy (non-hydrogen) atoms. The minimum absolute atomic E-state index is 0.282. The van der Waals surface area contributed by atoms with Gasteiger partial charge >= 0.3 is 0 Å². The summed E-state index contributed by atoms with van der Waals surface area (Å²) in [7, 11) is 0. The number of primary amides is 1. The van der Waals surface area contributed by atoms with Gasteiger partial charge in [-0.15, -0.1) is 0 Å². The van der Waals surface area contributed by atoms with Crippen LogP contribution in [0.5, 0.6) is 0 Å². The van der Waals surface area contributed by atoms with Crippen LogP contribution < -0.4 is 5.73 Å². The number of amides is 3. The maximum Gasteiger partial charge on any atom is 0.294 e. The Morgan fingerprint density at radius 1 is 1.42 bits per heavy atom. The van der Waals surface area contributed by atoms with Gasteiger partial charge < -0.3 is 5.73 Å². The highest BCUT2D eigenvalue weighted by atomic mass is 79.9. The molecule has 0 aromatic heterocycles. The van der Waals surface area contributed by atoms with Gasteiger partial charge in [-0.2, -0.15) is 0 Å². The van der Waals surface area contributed by atoms with Gasteiger partial charge in [-0.05, 0) is 35.5 Å². The molecule has 0 saturated carbocycles. The number of carbonyl (C=O) groups is 3. The summed E-state index contributed by atoms with van der Waals surface area (Å²) in [5.41, 5.74) is 5.79. The second kappa shape index (κ2) is 5.58. The second-order valence-corrected chi connectivity index (χ2v) is 5.70. The largest absolute Gasteiger partial charge is 0.368 e. The zero-order valence-corrected chi connectivity index (χ0v) is 12.0. The van der Waals surface area contributed by atoms with Crippen LogP contribution in [-0.4, -0.2) is 28.5 Å². The molecule has 2 rings (SSSR count). The summed E-state index contributed by atoms with van der Waals surface area (Å²) < 4.78 is 0.873. The van der Waals surface area contributed by atoms with Gasteiger partial charge in [-0.25, -0.2) is 0 Å². The van der Waals surface area contributed by atoms with Crippen molar-refractivity contribution in [2.24, 2.45) is 5.73 Å². The van der Waals surface area contributed by atoms with Crippen molar-refractivity contribution in [2.75, 3.05) is 6.54 Å². The zero-order chi connectivity index (χ0) is 14.0. The Morgan fingerprint density at radius 3 is 2.79 bits per heavy atom. The van der Waals surface area contributed by atoms with E-state index in [1.54, 1.807) is 6.08 Å². The number of halogens is 1. The Bertz CT molecular complexity index is 600. The van der Waals surface area contributed by atoms with Crippen molar-refractivity contribution in [3.8, 4) is 0 Å². The first-order chi connectivity index (χ1) is 8.97. The molecule has 1 aliphatic rings. The van der Waals surface area contributed by atoms with E-state index >= 15 is 0 Å². The Labute approximate surface area is 122 Å². The fourth-order valence-electron chi connectivity index (χ4n) is 1.54. The molecule has 0 atom stereocenters. The second-order valence-electron chi connectivity index (χ2n) is 3.79. The minimum atomic E-state index is -0.717. The van der Waals surface area contributed by atoms with Crippen molar-refractivity contribution in [2.45, 2.75) is 0 Å². The third-order valence-corrected chi connectivity index (χ3v) is 3.73. The molecule has 1 aromatic rings. The molecule has 98 valence electrons. The lowest BCUT2D eigenvalue weighted by Gasteiger charge is -2.08. The predicted molar refractivity (Wildman–Crippen MR) is 76.0 cm³/mol. The summed E-state index contributed by atoms with van der Waals surface area (Å²) in [6.07, 6.45) is 1.61. The monoisotopic (exact) mass is 340 g/mol. The number of carbonyl (C=O) groups excluding carboxylic acids is 3. The topological polar surface area (TPSA) is 80.5 Å². The van der Waals surface area contributed by atoms with Gasteiger partial charge in [-0.3, -0.25) is 19.3 Å². The lowest BCUT2D eigenvalue weighted by molar-refractivity contribution is -0.127. The van der Waals surface area contributed by atoms with Crippen molar-refractivity contribution in [3.05, 3.63) is 39.2 Å². The average Bonchev–Trinajstić information content (AvgIpc) is 2.57. The fourth-order valence-corrected chi connectivity index (χ4v) is 2.80. The molecule has 0 radical (unpaired) electrons. The summed E-state index contributed by atoms with van der Waals surface area (Å²) in [4.78, 5) is 35.5. The fraction of sp³-hybridized carbons (Fsp3) is 0.0833. The van der Waals surface area contributed by atoms with Crippen molar-refractivity contribution >= 4 is 50.8 Å². The first-order valence-corrected chi connectivity index (χ1v) is 6.87. The number of hydrogen-bond donors (Lipinski definition) is 1. The average molecular weight is 341 g/mol. The number of rotatable bonds is 3. The molecule has 1 fully saturated rings. The Kier molecular flexibility index (Phi) is 4.06. The minimum Gasteiger partial charge on any atom is -0.368 e. The Balaban J connectivity index is 2.25. The van der Waals surface area contributed by atoms with Crippen LogP contribution >= 0.6 is 27.7 Å². The van der Waals surface area contributed by atoms with Crippen molar-refractivity contribution < 1.29 is 14.4 Å². The van der Waals surface area contributed by atoms with Crippen LogP contribution in [-0.2, 0) is 9.59 Å². The van der Waals surface area contributed by atoms with Gasteiger partial charge in [0.05, 0.1) is 4.91 Å². The highest BCUT2D eigenvalue weighted by Gasteiger charge is 2.35. The van der Waals surface area contributed by atoms with E-state index in [0.717, 1.165) is 26.7 Å². The molecule has 3 amide bonds.